The Morgan fingerprint density at radius 2 is 1.93 bits per heavy atom. The van der Waals surface area contributed by atoms with Gasteiger partial charge >= 0.3 is 0 Å². The summed E-state index contributed by atoms with van der Waals surface area (Å²) in [5.41, 5.74) is 5.76. The molecule has 0 radical (unpaired) electrons. The number of fused-ring (bicyclic) bond motifs is 1. The van der Waals surface area contributed by atoms with E-state index >= 15 is 0 Å². The van der Waals surface area contributed by atoms with Crippen LogP contribution in [0.3, 0.4) is 0 Å². The Morgan fingerprint density at radius 1 is 1.07 bits per heavy atom. The van der Waals surface area contributed by atoms with Gasteiger partial charge in [0, 0.05) is 19.2 Å². The highest BCUT2D eigenvalue weighted by Gasteiger charge is 2.28. The molecule has 1 saturated heterocycles. The van der Waals surface area contributed by atoms with Crippen molar-refractivity contribution in [2.24, 2.45) is 0 Å². The maximum absolute atomic E-state index is 5.88. The van der Waals surface area contributed by atoms with Crippen LogP contribution in [0, 0.1) is 13.8 Å². The van der Waals surface area contributed by atoms with E-state index in [1.165, 1.54) is 42.4 Å². The Morgan fingerprint density at radius 3 is 2.72 bits per heavy atom. The van der Waals surface area contributed by atoms with Crippen LogP contribution in [0.1, 0.15) is 61.4 Å². The maximum Gasteiger partial charge on any atom is 0.167 e. The van der Waals surface area contributed by atoms with Gasteiger partial charge in [-0.25, -0.2) is 15.0 Å². The van der Waals surface area contributed by atoms with Crippen molar-refractivity contribution in [3.8, 4) is 0 Å². The van der Waals surface area contributed by atoms with E-state index in [0.29, 0.717) is 6.04 Å². The Kier molecular flexibility index (Phi) is 4.96. The lowest BCUT2D eigenvalue weighted by molar-refractivity contribution is 0.0593. The highest BCUT2D eigenvalue weighted by molar-refractivity contribution is 5.83. The molecule has 152 valence electrons. The molecule has 1 atom stereocenters. The van der Waals surface area contributed by atoms with Gasteiger partial charge < -0.3 is 9.64 Å². The van der Waals surface area contributed by atoms with E-state index in [0.717, 1.165) is 43.0 Å². The summed E-state index contributed by atoms with van der Waals surface area (Å²) in [6.45, 7) is 6.03. The molecule has 3 heterocycles. The molecule has 3 aromatic rings. The van der Waals surface area contributed by atoms with Gasteiger partial charge in [0.25, 0.3) is 0 Å². The summed E-state index contributed by atoms with van der Waals surface area (Å²) in [5.74, 6) is 0.958. The first-order valence-electron chi connectivity index (χ1n) is 10.8. The summed E-state index contributed by atoms with van der Waals surface area (Å²) in [6.07, 6.45) is 10.7. The highest BCUT2D eigenvalue weighted by atomic mass is 16.5. The topological polar surface area (TPSA) is 56.1 Å². The first-order valence-corrected chi connectivity index (χ1v) is 10.8. The quantitative estimate of drug-likeness (QED) is 0.631. The van der Waals surface area contributed by atoms with E-state index in [-0.39, 0.29) is 6.23 Å². The number of rotatable bonds is 5. The predicted octanol–water partition coefficient (Wildman–Crippen LogP) is 4.70. The molecule has 0 N–H and O–H groups in total. The SMILES string of the molecule is Cc1ccc(C)c(CN(c2ncnc3c2ncn3C2CCCO2)C2CCCC2)c1. The molecule has 0 spiro atoms. The molecule has 1 unspecified atom stereocenters. The van der Waals surface area contributed by atoms with Gasteiger partial charge in [0.2, 0.25) is 0 Å². The number of imidazole rings is 1. The van der Waals surface area contributed by atoms with E-state index < -0.39 is 0 Å². The molecule has 6 heteroatoms. The van der Waals surface area contributed by atoms with Gasteiger partial charge in [-0.15, -0.1) is 0 Å². The van der Waals surface area contributed by atoms with E-state index in [1.807, 2.05) is 6.33 Å². The van der Waals surface area contributed by atoms with Crippen molar-refractivity contribution in [3.05, 3.63) is 47.5 Å². The summed E-state index contributed by atoms with van der Waals surface area (Å²) in [7, 11) is 0. The predicted molar refractivity (Wildman–Crippen MR) is 114 cm³/mol. The average Bonchev–Trinajstić information content (AvgIpc) is 3.48. The average molecular weight is 392 g/mol. The number of benzene rings is 1. The lowest BCUT2D eigenvalue weighted by Crippen LogP contribution is -2.34. The zero-order valence-corrected chi connectivity index (χ0v) is 17.3. The summed E-state index contributed by atoms with van der Waals surface area (Å²) in [6, 6.07) is 7.21. The molecule has 0 bridgehead atoms. The Balaban J connectivity index is 1.57. The Bertz CT molecular complexity index is 1000. The molecule has 29 heavy (non-hydrogen) atoms. The van der Waals surface area contributed by atoms with Crippen molar-refractivity contribution in [2.75, 3.05) is 11.5 Å². The van der Waals surface area contributed by atoms with Gasteiger partial charge in [-0.1, -0.05) is 36.6 Å². The molecule has 1 aromatic carbocycles. The smallest absolute Gasteiger partial charge is 0.167 e. The number of aryl methyl sites for hydroxylation is 2. The third-order valence-corrected chi connectivity index (χ3v) is 6.44. The fourth-order valence-electron chi connectivity index (χ4n) is 4.79. The van der Waals surface area contributed by atoms with E-state index in [2.05, 4.69) is 46.5 Å². The molecule has 2 aliphatic rings. The van der Waals surface area contributed by atoms with Crippen molar-refractivity contribution in [2.45, 2.75) is 71.2 Å². The molecule has 2 fully saturated rings. The van der Waals surface area contributed by atoms with Crippen molar-refractivity contribution in [1.82, 2.24) is 19.5 Å². The summed E-state index contributed by atoms with van der Waals surface area (Å²) in [4.78, 5) is 16.5. The van der Waals surface area contributed by atoms with Crippen molar-refractivity contribution >= 4 is 17.0 Å². The van der Waals surface area contributed by atoms with Gasteiger partial charge in [-0.3, -0.25) is 4.57 Å². The van der Waals surface area contributed by atoms with Crippen LogP contribution in [0.5, 0.6) is 0 Å². The number of aromatic nitrogens is 4. The van der Waals surface area contributed by atoms with Crippen molar-refractivity contribution < 1.29 is 4.74 Å². The normalized spacial score (nSPS) is 20.0. The molecule has 5 rings (SSSR count). The van der Waals surface area contributed by atoms with E-state index in [1.54, 1.807) is 6.33 Å². The van der Waals surface area contributed by atoms with Crippen LogP contribution in [0.25, 0.3) is 11.2 Å². The minimum Gasteiger partial charge on any atom is -0.358 e. The van der Waals surface area contributed by atoms with E-state index in [4.69, 9.17) is 14.7 Å². The summed E-state index contributed by atoms with van der Waals surface area (Å²) < 4.78 is 7.96. The second-order valence-corrected chi connectivity index (χ2v) is 8.49. The van der Waals surface area contributed by atoms with Crippen LogP contribution in [0.15, 0.2) is 30.9 Å². The second-order valence-electron chi connectivity index (χ2n) is 8.49. The molecular formula is C23H29N5O. The van der Waals surface area contributed by atoms with Gasteiger partial charge in [0.1, 0.15) is 12.6 Å². The number of ether oxygens (including phenoxy) is 1. The number of anilines is 1. The van der Waals surface area contributed by atoms with Crippen LogP contribution in [-0.4, -0.2) is 32.2 Å². The van der Waals surface area contributed by atoms with E-state index in [9.17, 15) is 0 Å². The number of hydrogen-bond acceptors (Lipinski definition) is 5. The summed E-state index contributed by atoms with van der Waals surface area (Å²) >= 11 is 0. The van der Waals surface area contributed by atoms with Crippen molar-refractivity contribution in [3.63, 3.8) is 0 Å². The molecule has 1 aliphatic carbocycles. The van der Waals surface area contributed by atoms with Crippen LogP contribution in [0.4, 0.5) is 5.82 Å². The Labute approximate surface area is 171 Å². The highest BCUT2D eigenvalue weighted by Crippen LogP contribution is 2.34. The van der Waals surface area contributed by atoms with Crippen molar-refractivity contribution in [1.29, 1.82) is 0 Å². The third kappa shape index (κ3) is 3.50. The monoisotopic (exact) mass is 391 g/mol. The zero-order valence-electron chi connectivity index (χ0n) is 17.3. The van der Waals surface area contributed by atoms with Gasteiger partial charge in [0.05, 0.1) is 6.33 Å². The Hall–Kier alpha value is -2.47. The lowest BCUT2D eigenvalue weighted by Gasteiger charge is -2.31. The molecule has 1 saturated carbocycles. The second kappa shape index (κ2) is 7.75. The van der Waals surface area contributed by atoms with Crippen LogP contribution in [-0.2, 0) is 11.3 Å². The fraction of sp³-hybridized carbons (Fsp3) is 0.522. The molecule has 2 aromatic heterocycles. The van der Waals surface area contributed by atoms with Crippen LogP contribution >= 0.6 is 0 Å². The van der Waals surface area contributed by atoms with Crippen LogP contribution < -0.4 is 4.90 Å². The molecule has 0 amide bonds. The third-order valence-electron chi connectivity index (χ3n) is 6.44. The summed E-state index contributed by atoms with van der Waals surface area (Å²) in [5, 5.41) is 0. The molecule has 6 nitrogen and oxygen atoms in total. The molecular weight excluding hydrogens is 362 g/mol. The minimum absolute atomic E-state index is 0.0432. The first-order chi connectivity index (χ1) is 14.2. The number of hydrogen-bond donors (Lipinski definition) is 0. The lowest BCUT2D eigenvalue weighted by atomic mass is 10.0. The number of nitrogens with zero attached hydrogens (tertiary/aromatic N) is 5. The fourth-order valence-corrected chi connectivity index (χ4v) is 4.79. The largest absolute Gasteiger partial charge is 0.358 e. The first kappa shape index (κ1) is 18.6. The van der Waals surface area contributed by atoms with Crippen LogP contribution in [0.2, 0.25) is 0 Å². The maximum atomic E-state index is 5.88. The van der Waals surface area contributed by atoms with Gasteiger partial charge in [0.15, 0.2) is 17.0 Å². The minimum atomic E-state index is 0.0432. The van der Waals surface area contributed by atoms with Gasteiger partial charge in [-0.2, -0.15) is 0 Å². The zero-order chi connectivity index (χ0) is 19.8. The molecule has 1 aliphatic heterocycles. The van der Waals surface area contributed by atoms with Gasteiger partial charge in [-0.05, 0) is 50.7 Å². The standard InChI is InChI=1S/C23H29N5O/c1-16-9-10-17(2)18(12-16)13-27(19-6-3-4-7-19)22-21-23(25-14-24-22)28(15-26-21)20-8-5-11-29-20/h9-10,12,14-15,19-20H,3-8,11,13H2,1-2H3.